The molecule has 0 radical (unpaired) electrons. The molecule has 0 amide bonds. The zero-order chi connectivity index (χ0) is 12.3. The molecule has 3 atom stereocenters. The summed E-state index contributed by atoms with van der Waals surface area (Å²) in [7, 11) is 0. The summed E-state index contributed by atoms with van der Waals surface area (Å²) in [5, 5.41) is 15.9. The molecule has 18 heavy (non-hydrogen) atoms. The third kappa shape index (κ3) is 1.15. The van der Waals surface area contributed by atoms with E-state index in [1.165, 1.54) is 5.56 Å². The molecule has 0 saturated heterocycles. The number of carboxylic acids is 1. The topological polar surface area (TPSA) is 66.0 Å². The Bertz CT molecular complexity index is 632. The number of aromatic carboxylic acids is 1. The van der Waals surface area contributed by atoms with Gasteiger partial charge in [0.15, 0.2) is 5.69 Å². The molecule has 3 unspecified atom stereocenters. The first kappa shape index (κ1) is 9.88. The number of carbonyl (C=O) groups is 1. The summed E-state index contributed by atoms with van der Waals surface area (Å²) >= 11 is 0. The summed E-state index contributed by atoms with van der Waals surface area (Å²) in [5.74, 6) is 0.628. The van der Waals surface area contributed by atoms with Crippen molar-refractivity contribution in [3.8, 4) is 0 Å². The molecule has 2 N–H and O–H groups in total. The van der Waals surface area contributed by atoms with Gasteiger partial charge in [-0.1, -0.05) is 30.3 Å². The number of nitrogens with one attached hydrogen (secondary N) is 1. The number of hydrogen-bond donors (Lipinski definition) is 2. The third-order valence-corrected chi connectivity index (χ3v) is 4.23. The molecular weight excluding hydrogens is 228 g/mol. The highest BCUT2D eigenvalue weighted by Crippen LogP contribution is 2.66. The highest BCUT2D eigenvalue weighted by Gasteiger charge is 2.58. The van der Waals surface area contributed by atoms with Crippen molar-refractivity contribution in [2.45, 2.75) is 18.3 Å². The number of aromatic nitrogens is 2. The van der Waals surface area contributed by atoms with E-state index in [2.05, 4.69) is 34.5 Å². The third-order valence-electron chi connectivity index (χ3n) is 4.23. The van der Waals surface area contributed by atoms with Crippen molar-refractivity contribution in [1.29, 1.82) is 0 Å². The molecule has 1 saturated carbocycles. The van der Waals surface area contributed by atoms with Crippen LogP contribution in [0.1, 0.15) is 39.1 Å². The van der Waals surface area contributed by atoms with Crippen LogP contribution in [0.4, 0.5) is 0 Å². The summed E-state index contributed by atoms with van der Waals surface area (Å²) < 4.78 is 0. The Morgan fingerprint density at radius 1 is 1.28 bits per heavy atom. The number of nitrogens with zero attached hydrogens (tertiary/aromatic N) is 1. The van der Waals surface area contributed by atoms with Crippen molar-refractivity contribution in [2.75, 3.05) is 0 Å². The van der Waals surface area contributed by atoms with Crippen LogP contribution in [0, 0.1) is 5.92 Å². The Kier molecular flexibility index (Phi) is 1.77. The molecule has 4 nitrogen and oxygen atoms in total. The maximum absolute atomic E-state index is 11.0. The van der Waals surface area contributed by atoms with E-state index in [9.17, 15) is 4.79 Å². The lowest BCUT2D eigenvalue weighted by atomic mass is 10.0. The van der Waals surface area contributed by atoms with Gasteiger partial charge >= 0.3 is 5.97 Å². The van der Waals surface area contributed by atoms with Gasteiger partial charge in [-0.2, -0.15) is 5.10 Å². The molecule has 1 aromatic heterocycles. The minimum atomic E-state index is -0.926. The van der Waals surface area contributed by atoms with Crippen LogP contribution in [-0.4, -0.2) is 21.3 Å². The van der Waals surface area contributed by atoms with Crippen molar-refractivity contribution >= 4 is 5.97 Å². The Morgan fingerprint density at radius 3 is 2.78 bits per heavy atom. The first-order chi connectivity index (χ1) is 8.77. The molecule has 0 bridgehead atoms. The first-order valence-corrected chi connectivity index (χ1v) is 6.12. The van der Waals surface area contributed by atoms with E-state index in [0.29, 0.717) is 17.8 Å². The van der Waals surface area contributed by atoms with Crippen LogP contribution >= 0.6 is 0 Å². The number of H-pyrrole nitrogens is 1. The zero-order valence-electron chi connectivity index (χ0n) is 9.63. The van der Waals surface area contributed by atoms with Gasteiger partial charge in [0.05, 0.1) is 0 Å². The predicted molar refractivity (Wildman–Crippen MR) is 64.7 cm³/mol. The van der Waals surface area contributed by atoms with E-state index < -0.39 is 5.97 Å². The summed E-state index contributed by atoms with van der Waals surface area (Å²) in [5.41, 5.74) is 3.53. The molecule has 90 valence electrons. The van der Waals surface area contributed by atoms with Crippen molar-refractivity contribution in [3.63, 3.8) is 0 Å². The normalized spacial score (nSPS) is 27.7. The van der Waals surface area contributed by atoms with E-state index >= 15 is 0 Å². The molecule has 0 spiro atoms. The zero-order valence-corrected chi connectivity index (χ0v) is 9.63. The van der Waals surface area contributed by atoms with Crippen LogP contribution in [-0.2, 0) is 6.42 Å². The number of hydrogen-bond acceptors (Lipinski definition) is 2. The summed E-state index contributed by atoms with van der Waals surface area (Å²) in [6.45, 7) is 0. The Morgan fingerprint density at radius 2 is 2.06 bits per heavy atom. The van der Waals surface area contributed by atoms with Gasteiger partial charge in [0.25, 0.3) is 0 Å². The highest BCUT2D eigenvalue weighted by atomic mass is 16.4. The van der Waals surface area contributed by atoms with Crippen molar-refractivity contribution in [1.82, 2.24) is 10.2 Å². The maximum atomic E-state index is 11.0. The number of rotatable bonds is 2. The van der Waals surface area contributed by atoms with E-state index in [0.717, 1.165) is 17.7 Å². The Hall–Kier alpha value is -2.10. The quantitative estimate of drug-likeness (QED) is 0.845. The fraction of sp³-hybridized carbons (Fsp3) is 0.286. The lowest BCUT2D eigenvalue weighted by Crippen LogP contribution is -2.02. The number of carboxylic acid groups (broad SMARTS) is 1. The fourth-order valence-electron chi connectivity index (χ4n) is 3.42. The van der Waals surface area contributed by atoms with Crippen LogP contribution in [0.25, 0.3) is 0 Å². The van der Waals surface area contributed by atoms with Gasteiger partial charge < -0.3 is 5.11 Å². The average molecular weight is 240 g/mol. The smallest absolute Gasteiger partial charge is 0.356 e. The molecule has 2 aromatic rings. The van der Waals surface area contributed by atoms with Gasteiger partial charge in [0.1, 0.15) is 0 Å². The largest absolute Gasteiger partial charge is 0.476 e. The van der Waals surface area contributed by atoms with Crippen LogP contribution in [0.5, 0.6) is 0 Å². The molecule has 1 fully saturated rings. The van der Waals surface area contributed by atoms with Crippen molar-refractivity contribution in [3.05, 3.63) is 52.8 Å². The van der Waals surface area contributed by atoms with Gasteiger partial charge in [-0.25, -0.2) is 4.79 Å². The average Bonchev–Trinajstić information content (AvgIpc) is 2.75. The van der Waals surface area contributed by atoms with Crippen molar-refractivity contribution in [2.24, 2.45) is 5.92 Å². The standard InChI is InChI=1S/C14H12N2O2/c17-14(18)13-9-6-8-10(7-4-2-1-3-5-7)11(8)12(9)15-16-13/h1-5,8,10-11H,6H2,(H,15,16)(H,17,18). The van der Waals surface area contributed by atoms with Gasteiger partial charge in [-0.15, -0.1) is 0 Å². The number of benzene rings is 1. The van der Waals surface area contributed by atoms with E-state index in [4.69, 9.17) is 5.11 Å². The van der Waals surface area contributed by atoms with E-state index in [1.807, 2.05) is 6.07 Å². The van der Waals surface area contributed by atoms with Crippen LogP contribution in [0.3, 0.4) is 0 Å². The van der Waals surface area contributed by atoms with E-state index in [-0.39, 0.29) is 5.69 Å². The highest BCUT2D eigenvalue weighted by molar-refractivity contribution is 5.88. The SMILES string of the molecule is O=C(O)c1n[nH]c2c1CC1C(c3ccccc3)C21. The van der Waals surface area contributed by atoms with Gasteiger partial charge in [-0.3, -0.25) is 5.10 Å². The second-order valence-electron chi connectivity index (χ2n) is 5.10. The predicted octanol–water partition coefficient (Wildman–Crippen LogP) is 2.16. The summed E-state index contributed by atoms with van der Waals surface area (Å²) in [4.78, 5) is 11.0. The van der Waals surface area contributed by atoms with Crippen LogP contribution in [0.15, 0.2) is 30.3 Å². The Balaban J connectivity index is 1.69. The lowest BCUT2D eigenvalue weighted by molar-refractivity contribution is 0.0689. The summed E-state index contributed by atoms with van der Waals surface area (Å²) in [6, 6.07) is 10.4. The second-order valence-corrected chi connectivity index (χ2v) is 5.10. The molecule has 4 rings (SSSR count). The minimum Gasteiger partial charge on any atom is -0.476 e. The monoisotopic (exact) mass is 240 g/mol. The maximum Gasteiger partial charge on any atom is 0.356 e. The van der Waals surface area contributed by atoms with Crippen LogP contribution in [0.2, 0.25) is 0 Å². The fourth-order valence-corrected chi connectivity index (χ4v) is 3.42. The molecule has 2 aliphatic carbocycles. The molecule has 4 heteroatoms. The number of aromatic amines is 1. The molecule has 1 aromatic carbocycles. The Labute approximate surface area is 104 Å². The lowest BCUT2D eigenvalue weighted by Gasteiger charge is -2.03. The van der Waals surface area contributed by atoms with E-state index in [1.54, 1.807) is 0 Å². The minimum absolute atomic E-state index is 0.212. The molecular formula is C14H12N2O2. The number of fused-ring (bicyclic) bond motifs is 3. The van der Waals surface area contributed by atoms with Gasteiger partial charge in [0, 0.05) is 17.2 Å². The van der Waals surface area contributed by atoms with Crippen molar-refractivity contribution < 1.29 is 9.90 Å². The summed E-state index contributed by atoms with van der Waals surface area (Å²) in [6.07, 6.45) is 0.845. The molecule has 2 aliphatic rings. The molecule has 0 aliphatic heterocycles. The first-order valence-electron chi connectivity index (χ1n) is 6.12. The molecule has 1 heterocycles. The van der Waals surface area contributed by atoms with Gasteiger partial charge in [-0.05, 0) is 23.8 Å². The van der Waals surface area contributed by atoms with Crippen LogP contribution < -0.4 is 0 Å². The van der Waals surface area contributed by atoms with Gasteiger partial charge in [0.2, 0.25) is 0 Å². The second kappa shape index (κ2) is 3.22.